The fourth-order valence-corrected chi connectivity index (χ4v) is 1.83. The fraction of sp³-hybridized carbons (Fsp3) is 0.357. The van der Waals surface area contributed by atoms with Crippen molar-refractivity contribution in [3.8, 4) is 0 Å². The van der Waals surface area contributed by atoms with Crippen molar-refractivity contribution >= 4 is 5.91 Å². The van der Waals surface area contributed by atoms with Gasteiger partial charge in [0.2, 0.25) is 5.91 Å². The zero-order chi connectivity index (χ0) is 13.7. The number of rotatable bonds is 5. The lowest BCUT2D eigenvalue weighted by atomic mass is 10.1. The Balaban J connectivity index is 1.86. The maximum Gasteiger partial charge on any atom is 0.224 e. The predicted octanol–water partition coefficient (Wildman–Crippen LogP) is 1.54. The zero-order valence-corrected chi connectivity index (χ0v) is 11.2. The van der Waals surface area contributed by atoms with Gasteiger partial charge in [0.1, 0.15) is 0 Å². The molecular weight excluding hydrogens is 240 g/mol. The number of nitrogens with zero attached hydrogens (tertiary/aromatic N) is 3. The van der Waals surface area contributed by atoms with E-state index in [0.717, 1.165) is 11.1 Å². The van der Waals surface area contributed by atoms with Crippen LogP contribution in [0.4, 0.5) is 0 Å². The first-order chi connectivity index (χ1) is 9.16. The lowest BCUT2D eigenvalue weighted by Gasteiger charge is -2.13. The van der Waals surface area contributed by atoms with Crippen molar-refractivity contribution in [3.63, 3.8) is 0 Å². The molecule has 0 aliphatic carbocycles. The summed E-state index contributed by atoms with van der Waals surface area (Å²) < 4.78 is 1.77. The summed E-state index contributed by atoms with van der Waals surface area (Å²) in [6.07, 6.45) is 7.11. The van der Waals surface area contributed by atoms with E-state index in [1.807, 2.05) is 32.2 Å². The molecule has 0 aliphatic rings. The molecule has 100 valence electrons. The van der Waals surface area contributed by atoms with Crippen LogP contribution >= 0.6 is 0 Å². The molecule has 0 spiro atoms. The third-order valence-corrected chi connectivity index (χ3v) is 3.06. The van der Waals surface area contributed by atoms with Crippen molar-refractivity contribution in [2.45, 2.75) is 26.9 Å². The summed E-state index contributed by atoms with van der Waals surface area (Å²) >= 11 is 0. The third kappa shape index (κ3) is 3.64. The molecule has 0 saturated heterocycles. The lowest BCUT2D eigenvalue weighted by Crippen LogP contribution is -2.31. The minimum atomic E-state index is -0.109. The quantitative estimate of drug-likeness (QED) is 0.885. The first-order valence-electron chi connectivity index (χ1n) is 6.31. The van der Waals surface area contributed by atoms with E-state index >= 15 is 0 Å². The van der Waals surface area contributed by atoms with Gasteiger partial charge in [0, 0.05) is 31.3 Å². The summed E-state index contributed by atoms with van der Waals surface area (Å²) in [7, 11) is 0. The predicted molar refractivity (Wildman–Crippen MR) is 72.2 cm³/mol. The molecule has 0 bridgehead atoms. The Morgan fingerprint density at radius 2 is 2.32 bits per heavy atom. The molecular formula is C14H18N4O. The molecule has 1 unspecified atom stereocenters. The number of aromatic nitrogens is 3. The van der Waals surface area contributed by atoms with Gasteiger partial charge in [0.25, 0.3) is 0 Å². The Morgan fingerprint density at radius 1 is 1.47 bits per heavy atom. The molecule has 0 fully saturated rings. The van der Waals surface area contributed by atoms with Crippen LogP contribution in [0.3, 0.4) is 0 Å². The number of amides is 1. The van der Waals surface area contributed by atoms with E-state index in [0.29, 0.717) is 13.1 Å². The summed E-state index contributed by atoms with van der Waals surface area (Å²) in [4.78, 5) is 16.0. The van der Waals surface area contributed by atoms with Crippen LogP contribution in [-0.4, -0.2) is 20.7 Å². The van der Waals surface area contributed by atoms with E-state index in [2.05, 4.69) is 15.4 Å². The molecule has 19 heavy (non-hydrogen) atoms. The number of hydrogen-bond acceptors (Lipinski definition) is 3. The number of carbonyl (C=O) groups is 1. The van der Waals surface area contributed by atoms with Crippen LogP contribution in [0, 0.1) is 12.8 Å². The van der Waals surface area contributed by atoms with Gasteiger partial charge in [-0.25, -0.2) is 0 Å². The second-order valence-corrected chi connectivity index (χ2v) is 4.65. The maximum absolute atomic E-state index is 12.0. The minimum Gasteiger partial charge on any atom is -0.352 e. The molecule has 1 atom stereocenters. The fourth-order valence-electron chi connectivity index (χ4n) is 1.83. The summed E-state index contributed by atoms with van der Waals surface area (Å²) in [5.41, 5.74) is 2.18. The summed E-state index contributed by atoms with van der Waals surface area (Å²) in [6, 6.07) is 3.78. The van der Waals surface area contributed by atoms with Crippen molar-refractivity contribution in [3.05, 3.63) is 48.0 Å². The minimum absolute atomic E-state index is 0.0340. The van der Waals surface area contributed by atoms with Crippen molar-refractivity contribution in [2.75, 3.05) is 0 Å². The van der Waals surface area contributed by atoms with Crippen molar-refractivity contribution < 1.29 is 4.79 Å². The van der Waals surface area contributed by atoms with Crippen LogP contribution in [0.15, 0.2) is 36.9 Å². The first-order valence-corrected chi connectivity index (χ1v) is 6.31. The standard InChI is InChI=1S/C14H18N4O/c1-11-8-15-6-4-13(11)9-16-14(19)12(2)10-18-7-3-5-17-18/h3-8,12H,9-10H2,1-2H3,(H,16,19). The van der Waals surface area contributed by atoms with Gasteiger partial charge < -0.3 is 5.32 Å². The van der Waals surface area contributed by atoms with Crippen LogP contribution < -0.4 is 5.32 Å². The van der Waals surface area contributed by atoms with E-state index in [-0.39, 0.29) is 11.8 Å². The topological polar surface area (TPSA) is 59.8 Å². The zero-order valence-electron chi connectivity index (χ0n) is 11.2. The second kappa shape index (κ2) is 6.13. The smallest absolute Gasteiger partial charge is 0.224 e. The van der Waals surface area contributed by atoms with Gasteiger partial charge in [-0.15, -0.1) is 0 Å². The molecule has 0 aliphatic heterocycles. The largest absolute Gasteiger partial charge is 0.352 e. The van der Waals surface area contributed by atoms with Gasteiger partial charge in [-0.05, 0) is 30.2 Å². The van der Waals surface area contributed by atoms with Crippen molar-refractivity contribution in [1.82, 2.24) is 20.1 Å². The monoisotopic (exact) mass is 258 g/mol. The highest BCUT2D eigenvalue weighted by Crippen LogP contribution is 2.05. The van der Waals surface area contributed by atoms with Crippen LogP contribution in [-0.2, 0) is 17.9 Å². The molecule has 2 rings (SSSR count). The van der Waals surface area contributed by atoms with Gasteiger partial charge in [-0.3, -0.25) is 14.5 Å². The Labute approximate surface area is 112 Å². The van der Waals surface area contributed by atoms with E-state index in [1.165, 1.54) is 0 Å². The number of carbonyl (C=O) groups excluding carboxylic acids is 1. The second-order valence-electron chi connectivity index (χ2n) is 4.65. The molecule has 0 radical (unpaired) electrons. The van der Waals surface area contributed by atoms with Crippen LogP contribution in [0.2, 0.25) is 0 Å². The Kier molecular flexibility index (Phi) is 4.28. The molecule has 0 aromatic carbocycles. The van der Waals surface area contributed by atoms with Gasteiger partial charge in [0.15, 0.2) is 0 Å². The normalized spacial score (nSPS) is 12.1. The molecule has 2 heterocycles. The van der Waals surface area contributed by atoms with Crippen LogP contribution in [0.25, 0.3) is 0 Å². The average molecular weight is 258 g/mol. The van der Waals surface area contributed by atoms with Gasteiger partial charge in [-0.1, -0.05) is 6.92 Å². The number of pyridine rings is 1. The van der Waals surface area contributed by atoms with Crippen molar-refractivity contribution in [2.24, 2.45) is 5.92 Å². The Bertz CT molecular complexity index is 536. The third-order valence-electron chi connectivity index (χ3n) is 3.06. The van der Waals surface area contributed by atoms with Gasteiger partial charge in [0.05, 0.1) is 12.5 Å². The van der Waals surface area contributed by atoms with Crippen LogP contribution in [0.1, 0.15) is 18.1 Å². The van der Waals surface area contributed by atoms with Gasteiger partial charge >= 0.3 is 0 Å². The van der Waals surface area contributed by atoms with Gasteiger partial charge in [-0.2, -0.15) is 5.10 Å². The van der Waals surface area contributed by atoms with Crippen molar-refractivity contribution in [1.29, 1.82) is 0 Å². The highest BCUT2D eigenvalue weighted by atomic mass is 16.1. The highest BCUT2D eigenvalue weighted by Gasteiger charge is 2.13. The Hall–Kier alpha value is -2.17. The molecule has 2 aromatic heterocycles. The SMILES string of the molecule is Cc1cnccc1CNC(=O)C(C)Cn1cccn1. The number of nitrogens with one attached hydrogen (secondary N) is 1. The maximum atomic E-state index is 12.0. The summed E-state index contributed by atoms with van der Waals surface area (Å²) in [5, 5.41) is 7.04. The summed E-state index contributed by atoms with van der Waals surface area (Å²) in [5.74, 6) is -0.0752. The van der Waals surface area contributed by atoms with E-state index in [9.17, 15) is 4.79 Å². The Morgan fingerprint density at radius 3 is 3.00 bits per heavy atom. The number of aryl methyl sites for hydroxylation is 1. The number of hydrogen-bond donors (Lipinski definition) is 1. The lowest BCUT2D eigenvalue weighted by molar-refractivity contribution is -0.125. The molecule has 0 saturated carbocycles. The summed E-state index contributed by atoms with van der Waals surface area (Å²) in [6.45, 7) is 5.02. The highest BCUT2D eigenvalue weighted by molar-refractivity contribution is 5.78. The molecule has 1 N–H and O–H groups in total. The molecule has 5 nitrogen and oxygen atoms in total. The molecule has 5 heteroatoms. The van der Waals surface area contributed by atoms with E-state index < -0.39 is 0 Å². The molecule has 1 amide bonds. The average Bonchev–Trinajstić information content (AvgIpc) is 2.90. The van der Waals surface area contributed by atoms with E-state index in [4.69, 9.17) is 0 Å². The van der Waals surface area contributed by atoms with Crippen LogP contribution in [0.5, 0.6) is 0 Å². The molecule has 2 aromatic rings. The first kappa shape index (κ1) is 13.3. The van der Waals surface area contributed by atoms with E-state index in [1.54, 1.807) is 23.3 Å².